The van der Waals surface area contributed by atoms with Crippen molar-refractivity contribution in [2.75, 3.05) is 12.0 Å². The second-order valence-corrected chi connectivity index (χ2v) is 5.86. The maximum Gasteiger partial charge on any atom is 0.240 e. The number of amides is 1. The van der Waals surface area contributed by atoms with Crippen LogP contribution in [-0.2, 0) is 15.6 Å². The molecule has 2 atom stereocenters. The van der Waals surface area contributed by atoms with Gasteiger partial charge in [-0.3, -0.25) is 9.00 Å². The van der Waals surface area contributed by atoms with Gasteiger partial charge in [0.2, 0.25) is 5.91 Å². The number of carbonyl (C=O) groups is 1. The van der Waals surface area contributed by atoms with E-state index in [0.717, 1.165) is 6.42 Å². The van der Waals surface area contributed by atoms with E-state index in [2.05, 4.69) is 5.32 Å². The summed E-state index contributed by atoms with van der Waals surface area (Å²) in [5.74, 6) is 0.504. The van der Waals surface area contributed by atoms with Gasteiger partial charge in [-0.05, 0) is 26.2 Å². The number of hydrogen-bond donors (Lipinski definition) is 2. The number of rotatable bonds is 7. The van der Waals surface area contributed by atoms with Crippen molar-refractivity contribution in [3.05, 3.63) is 0 Å². The van der Waals surface area contributed by atoms with Crippen molar-refractivity contribution in [2.45, 2.75) is 51.6 Å². The molecule has 0 saturated carbocycles. The van der Waals surface area contributed by atoms with Crippen LogP contribution in [0, 0.1) is 0 Å². The minimum Gasteiger partial charge on any atom is -0.352 e. The second kappa shape index (κ2) is 7.01. The van der Waals surface area contributed by atoms with E-state index in [9.17, 15) is 9.00 Å². The highest BCUT2D eigenvalue weighted by Gasteiger charge is 2.30. The van der Waals surface area contributed by atoms with Crippen LogP contribution in [0.4, 0.5) is 0 Å². The average molecular weight is 248 g/mol. The highest BCUT2D eigenvalue weighted by molar-refractivity contribution is 7.84. The first-order chi connectivity index (χ1) is 7.35. The van der Waals surface area contributed by atoms with E-state index >= 15 is 0 Å². The molecule has 0 bridgehead atoms. The molecule has 0 spiro atoms. The van der Waals surface area contributed by atoms with Gasteiger partial charge in [-0.25, -0.2) is 0 Å². The molecule has 4 nitrogen and oxygen atoms in total. The molecule has 0 aliphatic heterocycles. The van der Waals surface area contributed by atoms with Gasteiger partial charge in [-0.1, -0.05) is 13.8 Å². The first-order valence-corrected chi connectivity index (χ1v) is 7.48. The van der Waals surface area contributed by atoms with E-state index in [4.69, 9.17) is 5.73 Å². The summed E-state index contributed by atoms with van der Waals surface area (Å²) in [5.41, 5.74) is 5.21. The van der Waals surface area contributed by atoms with E-state index in [1.807, 2.05) is 20.8 Å². The third kappa shape index (κ3) is 5.07. The van der Waals surface area contributed by atoms with Gasteiger partial charge in [0, 0.05) is 28.9 Å². The number of hydrogen-bond acceptors (Lipinski definition) is 3. The van der Waals surface area contributed by atoms with Crippen molar-refractivity contribution in [1.82, 2.24) is 5.32 Å². The lowest BCUT2D eigenvalue weighted by atomic mass is 9.93. The van der Waals surface area contributed by atoms with E-state index < -0.39 is 16.3 Å². The highest BCUT2D eigenvalue weighted by Crippen LogP contribution is 2.11. The van der Waals surface area contributed by atoms with Crippen LogP contribution in [0.2, 0.25) is 0 Å². The molecule has 0 aromatic carbocycles. The molecule has 0 rings (SSSR count). The summed E-state index contributed by atoms with van der Waals surface area (Å²) >= 11 is 0. The molecule has 16 heavy (non-hydrogen) atoms. The van der Waals surface area contributed by atoms with Crippen LogP contribution >= 0.6 is 0 Å². The van der Waals surface area contributed by atoms with Crippen molar-refractivity contribution < 1.29 is 9.00 Å². The lowest BCUT2D eigenvalue weighted by Crippen LogP contribution is -2.55. The second-order valence-electron chi connectivity index (χ2n) is 4.30. The summed E-state index contributed by atoms with van der Waals surface area (Å²) in [6.07, 6.45) is 3.64. The third-order valence-electron chi connectivity index (χ3n) is 2.93. The van der Waals surface area contributed by atoms with Gasteiger partial charge in [0.1, 0.15) is 0 Å². The fraction of sp³-hybridized carbons (Fsp3) is 0.909. The first kappa shape index (κ1) is 15.6. The molecule has 0 aliphatic carbocycles. The Labute approximate surface area is 101 Å². The third-order valence-corrected chi connectivity index (χ3v) is 3.74. The van der Waals surface area contributed by atoms with Crippen molar-refractivity contribution in [3.8, 4) is 0 Å². The summed E-state index contributed by atoms with van der Waals surface area (Å²) in [4.78, 5) is 11.9. The zero-order valence-corrected chi connectivity index (χ0v) is 11.5. The Morgan fingerprint density at radius 1 is 1.44 bits per heavy atom. The Balaban J connectivity index is 4.17. The minimum atomic E-state index is -0.808. The van der Waals surface area contributed by atoms with Crippen LogP contribution < -0.4 is 11.1 Å². The molecule has 96 valence electrons. The van der Waals surface area contributed by atoms with Crippen LogP contribution in [0.25, 0.3) is 0 Å². The van der Waals surface area contributed by atoms with Gasteiger partial charge in [0.05, 0.1) is 5.54 Å². The van der Waals surface area contributed by atoms with Gasteiger partial charge in [0.15, 0.2) is 0 Å². The van der Waals surface area contributed by atoms with Crippen LogP contribution in [0.3, 0.4) is 0 Å². The predicted molar refractivity (Wildman–Crippen MR) is 68.7 cm³/mol. The molecular weight excluding hydrogens is 224 g/mol. The minimum absolute atomic E-state index is 0.0254. The number of nitrogens with one attached hydrogen (secondary N) is 1. The van der Waals surface area contributed by atoms with E-state index in [0.29, 0.717) is 18.6 Å². The van der Waals surface area contributed by atoms with Crippen molar-refractivity contribution in [3.63, 3.8) is 0 Å². The van der Waals surface area contributed by atoms with Crippen molar-refractivity contribution in [1.29, 1.82) is 0 Å². The maximum atomic E-state index is 11.9. The number of carbonyl (C=O) groups excluding carboxylic acids is 1. The predicted octanol–water partition coefficient (Wildman–Crippen LogP) is 0.777. The van der Waals surface area contributed by atoms with E-state index in [1.165, 1.54) is 0 Å². The first-order valence-electron chi connectivity index (χ1n) is 5.75. The normalized spacial score (nSPS) is 15.6. The zero-order chi connectivity index (χ0) is 12.8. The lowest BCUT2D eigenvalue weighted by molar-refractivity contribution is -0.127. The topological polar surface area (TPSA) is 72.2 Å². The highest BCUT2D eigenvalue weighted by atomic mass is 32.2. The molecule has 0 heterocycles. The summed E-state index contributed by atoms with van der Waals surface area (Å²) < 4.78 is 10.9. The fourth-order valence-corrected chi connectivity index (χ4v) is 2.04. The standard InChI is InChI=1S/C11H24N2O2S/c1-5-11(12,6-2)10(14)13-9(3)7-8-16(4)15/h9H,5-8,12H2,1-4H3,(H,13,14). The monoisotopic (exact) mass is 248 g/mol. The number of nitrogens with two attached hydrogens (primary N) is 1. The summed E-state index contributed by atoms with van der Waals surface area (Å²) in [6, 6.07) is 0.0254. The molecule has 3 N–H and O–H groups in total. The molecule has 0 aromatic rings. The Morgan fingerprint density at radius 3 is 2.31 bits per heavy atom. The fourth-order valence-electron chi connectivity index (χ4n) is 1.35. The van der Waals surface area contributed by atoms with Gasteiger partial charge >= 0.3 is 0 Å². The molecule has 0 fully saturated rings. The van der Waals surface area contributed by atoms with Crippen molar-refractivity contribution >= 4 is 16.7 Å². The molecule has 0 aliphatic rings. The van der Waals surface area contributed by atoms with Crippen LogP contribution in [0.15, 0.2) is 0 Å². The summed E-state index contributed by atoms with van der Waals surface area (Å²) in [5, 5.41) is 2.88. The molecule has 0 aromatic heterocycles. The lowest BCUT2D eigenvalue weighted by Gasteiger charge is -2.27. The van der Waals surface area contributed by atoms with Gasteiger partial charge in [0.25, 0.3) is 0 Å². The van der Waals surface area contributed by atoms with Gasteiger partial charge < -0.3 is 11.1 Å². The Hall–Kier alpha value is -0.420. The van der Waals surface area contributed by atoms with Crippen LogP contribution in [0.1, 0.15) is 40.0 Å². The zero-order valence-electron chi connectivity index (χ0n) is 10.7. The van der Waals surface area contributed by atoms with Crippen molar-refractivity contribution in [2.24, 2.45) is 5.73 Å². The van der Waals surface area contributed by atoms with E-state index in [1.54, 1.807) is 6.26 Å². The maximum absolute atomic E-state index is 11.9. The molecule has 1 amide bonds. The summed E-state index contributed by atoms with van der Waals surface area (Å²) in [7, 11) is -0.808. The van der Waals surface area contributed by atoms with Crippen LogP contribution in [0.5, 0.6) is 0 Å². The molecular formula is C11H24N2O2S. The largest absolute Gasteiger partial charge is 0.352 e. The Morgan fingerprint density at radius 2 is 1.94 bits per heavy atom. The SMILES string of the molecule is CCC(N)(CC)C(=O)NC(C)CCS(C)=O. The Bertz CT molecular complexity index is 252. The van der Waals surface area contributed by atoms with Gasteiger partial charge in [-0.15, -0.1) is 0 Å². The molecule has 2 unspecified atom stereocenters. The smallest absolute Gasteiger partial charge is 0.240 e. The average Bonchev–Trinajstić information content (AvgIpc) is 2.25. The molecule has 5 heteroatoms. The molecule has 0 saturated heterocycles. The quantitative estimate of drug-likeness (QED) is 0.699. The van der Waals surface area contributed by atoms with Crippen LogP contribution in [-0.4, -0.2) is 33.7 Å². The molecule has 0 radical (unpaired) electrons. The van der Waals surface area contributed by atoms with Gasteiger partial charge in [-0.2, -0.15) is 0 Å². The van der Waals surface area contributed by atoms with E-state index in [-0.39, 0.29) is 11.9 Å². The summed E-state index contributed by atoms with van der Waals surface area (Å²) in [6.45, 7) is 5.74. The Kier molecular flexibility index (Phi) is 6.83.